The van der Waals surface area contributed by atoms with Gasteiger partial charge in [0.05, 0.1) is 29.4 Å². The average molecular weight is 352 g/mol. The van der Waals surface area contributed by atoms with E-state index < -0.39 is 0 Å². The van der Waals surface area contributed by atoms with Gasteiger partial charge in [0.15, 0.2) is 0 Å². The number of rotatable bonds is 4. The molecule has 0 aliphatic carbocycles. The Bertz CT molecular complexity index is 636. The van der Waals surface area contributed by atoms with E-state index in [1.165, 1.54) is 0 Å². The van der Waals surface area contributed by atoms with Crippen LogP contribution in [0.4, 0.5) is 0 Å². The molecule has 5 heteroatoms. The first-order valence-corrected chi connectivity index (χ1v) is 8.45. The van der Waals surface area contributed by atoms with E-state index in [4.69, 9.17) is 32.7 Å². The lowest BCUT2D eigenvalue weighted by molar-refractivity contribution is 0.0153. The number of benzene rings is 2. The van der Waals surface area contributed by atoms with Crippen LogP contribution in [-0.4, -0.2) is 26.3 Å². The lowest BCUT2D eigenvalue weighted by Gasteiger charge is -2.25. The monoisotopic (exact) mass is 351 g/mol. The normalized spacial score (nSPS) is 21.7. The van der Waals surface area contributed by atoms with Crippen LogP contribution < -0.4 is 10.1 Å². The summed E-state index contributed by atoms with van der Waals surface area (Å²) in [5.41, 5.74) is 1.03. The number of hydrogen-bond donors (Lipinski definition) is 1. The van der Waals surface area contributed by atoms with Crippen molar-refractivity contribution in [3.05, 3.63) is 64.1 Å². The molecular weight excluding hydrogens is 333 g/mol. The first-order chi connectivity index (χ1) is 11.2. The van der Waals surface area contributed by atoms with Crippen LogP contribution in [0.25, 0.3) is 0 Å². The third-order valence-corrected chi connectivity index (χ3v) is 4.63. The minimum absolute atomic E-state index is 0.0662. The molecule has 1 N–H and O–H groups in total. The van der Waals surface area contributed by atoms with Crippen molar-refractivity contribution < 1.29 is 9.47 Å². The van der Waals surface area contributed by atoms with Gasteiger partial charge in [-0.1, -0.05) is 47.5 Å². The van der Waals surface area contributed by atoms with Crippen LogP contribution in [0.3, 0.4) is 0 Å². The Morgan fingerprint density at radius 3 is 2.70 bits per heavy atom. The zero-order valence-corrected chi connectivity index (χ0v) is 14.2. The van der Waals surface area contributed by atoms with Crippen LogP contribution in [0.15, 0.2) is 48.5 Å². The highest BCUT2D eigenvalue weighted by molar-refractivity contribution is 6.42. The molecule has 0 saturated carbocycles. The smallest absolute Gasteiger partial charge is 0.119 e. The Balaban J connectivity index is 1.75. The summed E-state index contributed by atoms with van der Waals surface area (Å²) in [5.74, 6) is 1.06. The maximum atomic E-state index is 6.16. The summed E-state index contributed by atoms with van der Waals surface area (Å²) in [6.07, 6.45) is -0.0662. The molecule has 1 heterocycles. The van der Waals surface area contributed by atoms with Gasteiger partial charge in [-0.25, -0.2) is 0 Å². The predicted octanol–water partition coefficient (Wildman–Crippen LogP) is 4.35. The second-order valence-electron chi connectivity index (χ2n) is 5.55. The standard InChI is InChI=1S/C18H19Cl2NO2/c19-16-7-6-13(10-17(16)20)18-14(11-21-8-9-22-18)12-23-15-4-2-1-3-5-15/h1-7,10,14,18,21H,8-9,11-12H2/t14-,18-/m0/s1. The van der Waals surface area contributed by atoms with E-state index in [2.05, 4.69) is 5.32 Å². The predicted molar refractivity (Wildman–Crippen MR) is 93.5 cm³/mol. The lowest BCUT2D eigenvalue weighted by atomic mass is 9.96. The first-order valence-electron chi connectivity index (χ1n) is 7.69. The summed E-state index contributed by atoms with van der Waals surface area (Å²) in [7, 11) is 0. The number of ether oxygens (including phenoxy) is 2. The fourth-order valence-electron chi connectivity index (χ4n) is 2.71. The third-order valence-electron chi connectivity index (χ3n) is 3.89. The number of hydrogen-bond acceptors (Lipinski definition) is 3. The summed E-state index contributed by atoms with van der Waals surface area (Å²) < 4.78 is 12.0. The average Bonchev–Trinajstić information content (AvgIpc) is 2.82. The molecule has 0 radical (unpaired) electrons. The molecule has 3 rings (SSSR count). The van der Waals surface area contributed by atoms with Crippen LogP contribution in [0.2, 0.25) is 10.0 Å². The van der Waals surface area contributed by atoms with Gasteiger partial charge < -0.3 is 14.8 Å². The molecule has 1 fully saturated rings. The van der Waals surface area contributed by atoms with Gasteiger partial charge in [-0.2, -0.15) is 0 Å². The Hall–Kier alpha value is -1.26. The van der Waals surface area contributed by atoms with E-state index in [-0.39, 0.29) is 12.0 Å². The van der Waals surface area contributed by atoms with E-state index >= 15 is 0 Å². The molecule has 3 nitrogen and oxygen atoms in total. The highest BCUT2D eigenvalue weighted by Gasteiger charge is 2.27. The SMILES string of the molecule is Clc1ccc([C@@H]2OCCNC[C@H]2COc2ccccc2)cc1Cl. The van der Waals surface area contributed by atoms with E-state index in [0.29, 0.717) is 23.3 Å². The van der Waals surface area contributed by atoms with E-state index in [9.17, 15) is 0 Å². The summed E-state index contributed by atoms with van der Waals surface area (Å²) in [6, 6.07) is 15.5. The zero-order chi connectivity index (χ0) is 16.1. The maximum absolute atomic E-state index is 6.16. The number of para-hydroxylation sites is 1. The van der Waals surface area contributed by atoms with Crippen molar-refractivity contribution in [3.63, 3.8) is 0 Å². The Kier molecular flexibility index (Phi) is 5.79. The number of halogens is 2. The topological polar surface area (TPSA) is 30.5 Å². The largest absolute Gasteiger partial charge is 0.493 e. The molecule has 122 valence electrons. The molecule has 0 aromatic heterocycles. The summed E-state index contributed by atoms with van der Waals surface area (Å²) in [4.78, 5) is 0. The summed E-state index contributed by atoms with van der Waals surface area (Å²) in [6.45, 7) is 2.89. The molecule has 0 bridgehead atoms. The highest BCUT2D eigenvalue weighted by Crippen LogP contribution is 2.32. The van der Waals surface area contributed by atoms with Crippen molar-refractivity contribution in [1.29, 1.82) is 0 Å². The first kappa shape index (κ1) is 16.6. The molecule has 0 unspecified atom stereocenters. The fraction of sp³-hybridized carbons (Fsp3) is 0.333. The third kappa shape index (κ3) is 4.39. The molecule has 0 spiro atoms. The number of nitrogens with one attached hydrogen (secondary N) is 1. The highest BCUT2D eigenvalue weighted by atomic mass is 35.5. The van der Waals surface area contributed by atoms with E-state index in [1.54, 1.807) is 0 Å². The summed E-state index contributed by atoms with van der Waals surface area (Å²) in [5, 5.41) is 4.50. The van der Waals surface area contributed by atoms with Crippen molar-refractivity contribution in [2.45, 2.75) is 6.10 Å². The minimum Gasteiger partial charge on any atom is -0.493 e. The molecule has 1 aliphatic rings. The molecule has 0 amide bonds. The Morgan fingerprint density at radius 2 is 1.91 bits per heavy atom. The van der Waals surface area contributed by atoms with Crippen LogP contribution in [-0.2, 0) is 4.74 Å². The zero-order valence-electron chi connectivity index (χ0n) is 12.7. The van der Waals surface area contributed by atoms with Gasteiger partial charge >= 0.3 is 0 Å². The second-order valence-corrected chi connectivity index (χ2v) is 6.37. The summed E-state index contributed by atoms with van der Waals surface area (Å²) >= 11 is 12.2. The molecule has 2 aromatic rings. The van der Waals surface area contributed by atoms with Gasteiger partial charge in [0.1, 0.15) is 5.75 Å². The second kappa shape index (κ2) is 8.02. The van der Waals surface area contributed by atoms with Crippen molar-refractivity contribution in [2.75, 3.05) is 26.3 Å². The van der Waals surface area contributed by atoms with E-state index in [1.807, 2.05) is 48.5 Å². The maximum Gasteiger partial charge on any atom is 0.119 e. The van der Waals surface area contributed by atoms with E-state index in [0.717, 1.165) is 24.4 Å². The molecule has 23 heavy (non-hydrogen) atoms. The van der Waals surface area contributed by atoms with Gasteiger partial charge in [0.2, 0.25) is 0 Å². The lowest BCUT2D eigenvalue weighted by Crippen LogP contribution is -2.29. The quantitative estimate of drug-likeness (QED) is 0.888. The van der Waals surface area contributed by atoms with Gasteiger partial charge in [-0.3, -0.25) is 0 Å². The molecule has 2 atom stereocenters. The van der Waals surface area contributed by atoms with Crippen molar-refractivity contribution in [1.82, 2.24) is 5.32 Å². The molecule has 1 saturated heterocycles. The molecule has 1 aliphatic heterocycles. The Morgan fingerprint density at radius 1 is 1.09 bits per heavy atom. The molecule has 2 aromatic carbocycles. The van der Waals surface area contributed by atoms with Gasteiger partial charge in [0.25, 0.3) is 0 Å². The fourth-order valence-corrected chi connectivity index (χ4v) is 3.02. The van der Waals surface area contributed by atoms with Crippen molar-refractivity contribution >= 4 is 23.2 Å². The van der Waals surface area contributed by atoms with Gasteiger partial charge in [-0.05, 0) is 29.8 Å². The van der Waals surface area contributed by atoms with Crippen molar-refractivity contribution in [2.24, 2.45) is 5.92 Å². The van der Waals surface area contributed by atoms with Crippen LogP contribution in [0.1, 0.15) is 11.7 Å². The molecular formula is C18H19Cl2NO2. The van der Waals surface area contributed by atoms with Gasteiger partial charge in [0, 0.05) is 19.0 Å². The van der Waals surface area contributed by atoms with Gasteiger partial charge in [-0.15, -0.1) is 0 Å². The minimum atomic E-state index is -0.0662. The Labute approximate surface area is 146 Å². The van der Waals surface area contributed by atoms with Crippen LogP contribution in [0.5, 0.6) is 5.75 Å². The van der Waals surface area contributed by atoms with Crippen molar-refractivity contribution in [3.8, 4) is 5.75 Å². The van der Waals surface area contributed by atoms with Crippen LogP contribution >= 0.6 is 23.2 Å². The van der Waals surface area contributed by atoms with Crippen LogP contribution in [0, 0.1) is 5.92 Å².